The summed E-state index contributed by atoms with van der Waals surface area (Å²) in [5, 5.41) is 18.8. The van der Waals surface area contributed by atoms with Crippen LogP contribution in [-0.2, 0) is 19.4 Å². The molecule has 0 saturated carbocycles. The molecule has 0 radical (unpaired) electrons. The Bertz CT molecular complexity index is 1060. The van der Waals surface area contributed by atoms with Gasteiger partial charge in [0.05, 0.1) is 6.54 Å². The van der Waals surface area contributed by atoms with Crippen molar-refractivity contribution in [3.05, 3.63) is 76.3 Å². The number of benzene rings is 2. The SMILES string of the molecule is CCCCc1nc(Cl)nn1Cc1ccc(Cc2cccc(-c3nn[nH]n3)c2)cc1. The molecule has 0 fully saturated rings. The summed E-state index contributed by atoms with van der Waals surface area (Å²) in [6.07, 6.45) is 3.93. The molecule has 2 heterocycles. The fourth-order valence-electron chi connectivity index (χ4n) is 3.27. The second-order valence-corrected chi connectivity index (χ2v) is 7.33. The molecule has 29 heavy (non-hydrogen) atoms. The number of hydrogen-bond donors (Lipinski definition) is 1. The molecular weight excluding hydrogens is 386 g/mol. The standard InChI is InChI=1S/C21H22ClN7/c1-2-3-7-19-23-21(22)26-29(19)14-16-10-8-15(9-11-16)12-17-5-4-6-18(13-17)20-24-27-28-25-20/h4-6,8-11,13H,2-3,7,12,14H2,1H3,(H,24,25,27,28). The molecule has 0 saturated heterocycles. The third kappa shape index (κ3) is 4.86. The zero-order chi connectivity index (χ0) is 20.1. The minimum Gasteiger partial charge on any atom is -0.244 e. The lowest BCUT2D eigenvalue weighted by molar-refractivity contribution is 0.618. The van der Waals surface area contributed by atoms with Crippen LogP contribution in [0.2, 0.25) is 5.28 Å². The number of H-pyrrole nitrogens is 1. The van der Waals surface area contributed by atoms with Crippen molar-refractivity contribution in [1.29, 1.82) is 0 Å². The van der Waals surface area contributed by atoms with Crippen LogP contribution in [0.3, 0.4) is 0 Å². The molecule has 8 heteroatoms. The first kappa shape index (κ1) is 19.3. The van der Waals surface area contributed by atoms with Crippen molar-refractivity contribution in [2.45, 2.75) is 39.2 Å². The van der Waals surface area contributed by atoms with Gasteiger partial charge in [0.2, 0.25) is 11.1 Å². The Morgan fingerprint density at radius 2 is 1.86 bits per heavy atom. The average molecular weight is 408 g/mol. The average Bonchev–Trinajstić information content (AvgIpc) is 3.38. The van der Waals surface area contributed by atoms with Crippen molar-refractivity contribution in [3.8, 4) is 11.4 Å². The smallest absolute Gasteiger partial charge is 0.242 e. The number of hydrogen-bond acceptors (Lipinski definition) is 5. The van der Waals surface area contributed by atoms with Crippen molar-refractivity contribution >= 4 is 11.6 Å². The Hall–Kier alpha value is -3.06. The Labute approximate surface area is 174 Å². The normalized spacial score (nSPS) is 11.1. The van der Waals surface area contributed by atoms with Crippen LogP contribution in [0.4, 0.5) is 0 Å². The molecule has 0 spiro atoms. The van der Waals surface area contributed by atoms with Gasteiger partial charge in [-0.2, -0.15) is 5.21 Å². The van der Waals surface area contributed by atoms with Gasteiger partial charge in [-0.3, -0.25) is 0 Å². The zero-order valence-corrected chi connectivity index (χ0v) is 17.0. The fourth-order valence-corrected chi connectivity index (χ4v) is 3.45. The van der Waals surface area contributed by atoms with Gasteiger partial charge in [0.15, 0.2) is 0 Å². The maximum Gasteiger partial charge on any atom is 0.242 e. The molecule has 1 N–H and O–H groups in total. The van der Waals surface area contributed by atoms with E-state index in [1.54, 1.807) is 0 Å². The van der Waals surface area contributed by atoms with E-state index in [1.807, 2.05) is 16.8 Å². The molecule has 7 nitrogen and oxygen atoms in total. The van der Waals surface area contributed by atoms with Crippen molar-refractivity contribution < 1.29 is 0 Å². The van der Waals surface area contributed by atoms with Gasteiger partial charge in [-0.05, 0) is 52.4 Å². The largest absolute Gasteiger partial charge is 0.244 e. The van der Waals surface area contributed by atoms with Crippen molar-refractivity contribution in [2.24, 2.45) is 0 Å². The van der Waals surface area contributed by atoms with Gasteiger partial charge in [-0.15, -0.1) is 15.3 Å². The second kappa shape index (κ2) is 8.96. The summed E-state index contributed by atoms with van der Waals surface area (Å²) in [7, 11) is 0. The lowest BCUT2D eigenvalue weighted by atomic mass is 10.0. The van der Waals surface area contributed by atoms with Crippen molar-refractivity contribution in [3.63, 3.8) is 0 Å². The molecule has 0 bridgehead atoms. The van der Waals surface area contributed by atoms with Crippen LogP contribution in [0.5, 0.6) is 0 Å². The summed E-state index contributed by atoms with van der Waals surface area (Å²) in [4.78, 5) is 4.35. The van der Waals surface area contributed by atoms with Crippen LogP contribution in [-0.4, -0.2) is 35.4 Å². The minimum atomic E-state index is 0.314. The number of aryl methyl sites for hydroxylation is 1. The van der Waals surface area contributed by atoms with Gasteiger partial charge in [-0.1, -0.05) is 55.8 Å². The Kier molecular flexibility index (Phi) is 5.95. The number of rotatable bonds is 8. The first-order valence-electron chi connectivity index (χ1n) is 9.71. The summed E-state index contributed by atoms with van der Waals surface area (Å²) in [5.74, 6) is 1.55. The Morgan fingerprint density at radius 1 is 1.03 bits per heavy atom. The molecule has 0 aliphatic carbocycles. The van der Waals surface area contributed by atoms with E-state index in [0.29, 0.717) is 17.7 Å². The molecule has 0 aliphatic rings. The predicted molar refractivity (Wildman–Crippen MR) is 112 cm³/mol. The molecular formula is C21H22ClN7. The molecule has 2 aromatic heterocycles. The number of nitrogens with zero attached hydrogens (tertiary/aromatic N) is 6. The number of halogens is 1. The Balaban J connectivity index is 1.44. The number of tetrazole rings is 1. The van der Waals surface area contributed by atoms with Gasteiger partial charge < -0.3 is 0 Å². The van der Waals surface area contributed by atoms with E-state index in [4.69, 9.17) is 11.6 Å². The Morgan fingerprint density at radius 3 is 2.62 bits per heavy atom. The topological polar surface area (TPSA) is 85.2 Å². The number of unbranched alkanes of at least 4 members (excludes halogenated alkanes) is 1. The van der Waals surface area contributed by atoms with Crippen molar-refractivity contribution in [2.75, 3.05) is 0 Å². The van der Waals surface area contributed by atoms with E-state index in [2.05, 4.69) is 74.0 Å². The van der Waals surface area contributed by atoms with Gasteiger partial charge >= 0.3 is 0 Å². The van der Waals surface area contributed by atoms with Crippen LogP contribution in [0.1, 0.15) is 42.3 Å². The maximum absolute atomic E-state index is 6.02. The van der Waals surface area contributed by atoms with E-state index in [-0.39, 0.29) is 0 Å². The van der Waals surface area contributed by atoms with Gasteiger partial charge in [0.1, 0.15) is 5.82 Å². The molecule has 0 amide bonds. The lowest BCUT2D eigenvalue weighted by Crippen LogP contribution is -2.07. The second-order valence-electron chi connectivity index (χ2n) is 6.99. The summed E-state index contributed by atoms with van der Waals surface area (Å²) < 4.78 is 1.90. The first-order chi connectivity index (χ1) is 14.2. The number of aromatic nitrogens is 7. The van der Waals surface area contributed by atoms with E-state index < -0.39 is 0 Å². The van der Waals surface area contributed by atoms with Crippen LogP contribution in [0.25, 0.3) is 11.4 Å². The molecule has 0 atom stereocenters. The quantitative estimate of drug-likeness (QED) is 0.475. The van der Waals surface area contributed by atoms with Gasteiger partial charge in [0.25, 0.3) is 0 Å². The highest BCUT2D eigenvalue weighted by Crippen LogP contribution is 2.18. The highest BCUT2D eigenvalue weighted by molar-refractivity contribution is 6.28. The van der Waals surface area contributed by atoms with E-state index >= 15 is 0 Å². The molecule has 148 valence electrons. The van der Waals surface area contributed by atoms with Gasteiger partial charge in [0, 0.05) is 12.0 Å². The summed E-state index contributed by atoms with van der Waals surface area (Å²) in [6.45, 7) is 2.84. The third-order valence-corrected chi connectivity index (χ3v) is 4.93. The number of aromatic amines is 1. The monoisotopic (exact) mass is 407 g/mol. The molecule has 0 aliphatic heterocycles. The zero-order valence-electron chi connectivity index (χ0n) is 16.2. The van der Waals surface area contributed by atoms with Crippen molar-refractivity contribution in [1.82, 2.24) is 35.4 Å². The number of nitrogens with one attached hydrogen (secondary N) is 1. The summed E-state index contributed by atoms with van der Waals surface area (Å²) in [5.41, 5.74) is 4.57. The van der Waals surface area contributed by atoms with Crippen LogP contribution in [0.15, 0.2) is 48.5 Å². The maximum atomic E-state index is 6.02. The highest BCUT2D eigenvalue weighted by atomic mass is 35.5. The summed E-state index contributed by atoms with van der Waals surface area (Å²) in [6, 6.07) is 16.8. The van der Waals surface area contributed by atoms with E-state index in [9.17, 15) is 0 Å². The molecule has 0 unspecified atom stereocenters. The molecule has 2 aromatic carbocycles. The van der Waals surface area contributed by atoms with E-state index in [1.165, 1.54) is 16.7 Å². The van der Waals surface area contributed by atoms with Crippen LogP contribution >= 0.6 is 11.6 Å². The highest BCUT2D eigenvalue weighted by Gasteiger charge is 2.09. The first-order valence-corrected chi connectivity index (χ1v) is 10.1. The van der Waals surface area contributed by atoms with E-state index in [0.717, 1.165) is 37.1 Å². The van der Waals surface area contributed by atoms with Gasteiger partial charge in [-0.25, -0.2) is 9.67 Å². The summed E-state index contributed by atoms with van der Waals surface area (Å²) >= 11 is 6.02. The van der Waals surface area contributed by atoms with Crippen LogP contribution < -0.4 is 0 Å². The molecule has 4 rings (SSSR count). The lowest BCUT2D eigenvalue weighted by Gasteiger charge is -2.08. The predicted octanol–water partition coefficient (Wildman–Crippen LogP) is 4.09. The van der Waals surface area contributed by atoms with Crippen LogP contribution in [0, 0.1) is 0 Å². The fraction of sp³-hybridized carbons (Fsp3) is 0.286. The third-order valence-electron chi connectivity index (χ3n) is 4.77. The molecule has 4 aromatic rings. The minimum absolute atomic E-state index is 0.314.